The van der Waals surface area contributed by atoms with Crippen molar-refractivity contribution >= 4 is 11.4 Å². The summed E-state index contributed by atoms with van der Waals surface area (Å²) in [5.41, 5.74) is 2.03. The molecule has 0 aliphatic heterocycles. The summed E-state index contributed by atoms with van der Waals surface area (Å²) in [5.74, 6) is -0.187. The maximum atomic E-state index is 12.0. The predicted octanol–water partition coefficient (Wildman–Crippen LogP) is 0.382. The summed E-state index contributed by atoms with van der Waals surface area (Å²) in [7, 11) is 0. The van der Waals surface area contributed by atoms with Crippen LogP contribution < -0.4 is 5.32 Å². The van der Waals surface area contributed by atoms with Crippen molar-refractivity contribution in [2.75, 3.05) is 0 Å². The van der Waals surface area contributed by atoms with Crippen LogP contribution in [0.2, 0.25) is 0 Å². The van der Waals surface area contributed by atoms with Gasteiger partial charge in [-0.15, -0.1) is 0 Å². The highest BCUT2D eigenvalue weighted by Crippen LogP contribution is 2.08. The van der Waals surface area contributed by atoms with E-state index in [-0.39, 0.29) is 5.91 Å². The first kappa shape index (κ1) is 10.5. The molecule has 7 nitrogen and oxygen atoms in total. The zero-order valence-electron chi connectivity index (χ0n) is 9.37. The number of nitrogens with one attached hydrogen (secondary N) is 2. The van der Waals surface area contributed by atoms with Crippen LogP contribution >= 0.6 is 0 Å². The van der Waals surface area contributed by atoms with Crippen molar-refractivity contribution in [3.63, 3.8) is 0 Å². The highest BCUT2D eigenvalue weighted by molar-refractivity contribution is 6.00. The lowest BCUT2D eigenvalue weighted by Gasteiger charge is -2.01. The molecule has 90 valence electrons. The van der Waals surface area contributed by atoms with Gasteiger partial charge in [-0.1, -0.05) is 0 Å². The summed E-state index contributed by atoms with van der Waals surface area (Å²) in [6, 6.07) is 1.80. The second-order valence-electron chi connectivity index (χ2n) is 3.73. The highest BCUT2D eigenvalue weighted by atomic mass is 16.1. The Balaban J connectivity index is 1.80. The van der Waals surface area contributed by atoms with Crippen molar-refractivity contribution in [2.24, 2.45) is 0 Å². The van der Waals surface area contributed by atoms with Crippen LogP contribution in [-0.2, 0) is 6.54 Å². The number of carbonyl (C=O) groups excluding carboxylic acids is 1. The standard InChI is InChI=1S/C11H10N6O/c18-11(13-5-8-1-2-14-16-8)9-6-15-17-4-3-12-7-10(9)17/h1-4,6-7H,5H2,(H,13,18)(H,14,16). The molecular weight excluding hydrogens is 232 g/mol. The SMILES string of the molecule is O=C(NCc1ccn[nH]1)c1cnn2ccncc12. The molecule has 3 aromatic heterocycles. The minimum Gasteiger partial charge on any atom is -0.346 e. The van der Waals surface area contributed by atoms with Gasteiger partial charge in [-0.3, -0.25) is 14.9 Å². The molecule has 3 heterocycles. The third kappa shape index (κ3) is 1.81. The maximum absolute atomic E-state index is 12.0. The van der Waals surface area contributed by atoms with Gasteiger partial charge >= 0.3 is 0 Å². The average molecular weight is 242 g/mol. The van der Waals surface area contributed by atoms with Crippen LogP contribution in [0.4, 0.5) is 0 Å². The van der Waals surface area contributed by atoms with Crippen molar-refractivity contribution < 1.29 is 4.79 Å². The van der Waals surface area contributed by atoms with Crippen LogP contribution in [0.3, 0.4) is 0 Å². The molecule has 3 aromatic rings. The number of rotatable bonds is 3. The molecular formula is C11H10N6O. The molecule has 0 saturated carbocycles. The molecule has 0 aliphatic rings. The van der Waals surface area contributed by atoms with Gasteiger partial charge in [0.2, 0.25) is 0 Å². The fourth-order valence-corrected chi connectivity index (χ4v) is 1.66. The Morgan fingerprint density at radius 2 is 2.33 bits per heavy atom. The van der Waals surface area contributed by atoms with Gasteiger partial charge in [0, 0.05) is 18.6 Å². The normalized spacial score (nSPS) is 10.7. The summed E-state index contributed by atoms with van der Waals surface area (Å²) in [5, 5.41) is 13.5. The molecule has 2 N–H and O–H groups in total. The van der Waals surface area contributed by atoms with Crippen LogP contribution in [-0.4, -0.2) is 30.7 Å². The van der Waals surface area contributed by atoms with Gasteiger partial charge in [-0.25, -0.2) is 4.52 Å². The largest absolute Gasteiger partial charge is 0.346 e. The number of carbonyl (C=O) groups is 1. The smallest absolute Gasteiger partial charge is 0.255 e. The molecule has 1 amide bonds. The van der Waals surface area contributed by atoms with Crippen molar-refractivity contribution in [1.29, 1.82) is 0 Å². The number of fused-ring (bicyclic) bond motifs is 1. The van der Waals surface area contributed by atoms with E-state index in [4.69, 9.17) is 0 Å². The molecule has 0 fully saturated rings. The van der Waals surface area contributed by atoms with Crippen LogP contribution in [0.15, 0.2) is 37.1 Å². The van der Waals surface area contributed by atoms with Gasteiger partial charge in [0.25, 0.3) is 5.91 Å². The van der Waals surface area contributed by atoms with Crippen LogP contribution in [0.1, 0.15) is 16.1 Å². The lowest BCUT2D eigenvalue weighted by atomic mass is 10.2. The first-order chi connectivity index (χ1) is 8.84. The maximum Gasteiger partial charge on any atom is 0.255 e. The zero-order valence-corrected chi connectivity index (χ0v) is 9.37. The number of aromatic nitrogens is 5. The van der Waals surface area contributed by atoms with Gasteiger partial charge in [-0.2, -0.15) is 10.2 Å². The van der Waals surface area contributed by atoms with Crippen molar-refractivity contribution in [1.82, 2.24) is 30.1 Å². The Labute approximate surface area is 102 Å². The van der Waals surface area contributed by atoms with Gasteiger partial charge in [0.15, 0.2) is 0 Å². The van der Waals surface area contributed by atoms with Gasteiger partial charge in [0.05, 0.1) is 35.7 Å². The van der Waals surface area contributed by atoms with Gasteiger partial charge < -0.3 is 5.32 Å². The molecule has 0 unspecified atom stereocenters. The van der Waals surface area contributed by atoms with Crippen molar-refractivity contribution in [2.45, 2.75) is 6.54 Å². The molecule has 7 heteroatoms. The molecule has 0 aliphatic carbocycles. The number of amides is 1. The van der Waals surface area contributed by atoms with Crippen molar-refractivity contribution in [3.8, 4) is 0 Å². The highest BCUT2D eigenvalue weighted by Gasteiger charge is 2.12. The molecule has 3 rings (SSSR count). The molecule has 18 heavy (non-hydrogen) atoms. The summed E-state index contributed by atoms with van der Waals surface area (Å²) in [6.45, 7) is 0.399. The molecule has 0 radical (unpaired) electrons. The summed E-state index contributed by atoms with van der Waals surface area (Å²) < 4.78 is 1.61. The Kier molecular flexibility index (Phi) is 2.49. The Morgan fingerprint density at radius 3 is 3.17 bits per heavy atom. The first-order valence-corrected chi connectivity index (χ1v) is 5.38. The lowest BCUT2D eigenvalue weighted by molar-refractivity contribution is 0.0952. The van der Waals surface area contributed by atoms with E-state index in [0.717, 1.165) is 5.69 Å². The van der Waals surface area contributed by atoms with E-state index in [9.17, 15) is 4.79 Å². The lowest BCUT2D eigenvalue weighted by Crippen LogP contribution is -2.22. The summed E-state index contributed by atoms with van der Waals surface area (Å²) in [6.07, 6.45) is 8.09. The molecule has 0 atom stereocenters. The van der Waals surface area contributed by atoms with Crippen LogP contribution in [0.25, 0.3) is 5.52 Å². The fourth-order valence-electron chi connectivity index (χ4n) is 1.66. The van der Waals surface area contributed by atoms with Gasteiger partial charge in [-0.05, 0) is 6.07 Å². The van der Waals surface area contributed by atoms with E-state index in [2.05, 4.69) is 25.6 Å². The third-order valence-corrected chi connectivity index (χ3v) is 2.57. The third-order valence-electron chi connectivity index (χ3n) is 2.57. The molecule has 0 aromatic carbocycles. The summed E-state index contributed by atoms with van der Waals surface area (Å²) in [4.78, 5) is 16.0. The topological polar surface area (TPSA) is 88.0 Å². The Bertz CT molecular complexity index is 672. The second-order valence-corrected chi connectivity index (χ2v) is 3.73. The van der Waals surface area contributed by atoms with Crippen molar-refractivity contribution in [3.05, 3.63) is 48.3 Å². The Hall–Kier alpha value is -2.70. The first-order valence-electron chi connectivity index (χ1n) is 5.38. The zero-order chi connectivity index (χ0) is 12.4. The van der Waals surface area contributed by atoms with E-state index in [1.807, 2.05) is 0 Å². The van der Waals surface area contributed by atoms with Crippen LogP contribution in [0, 0.1) is 0 Å². The average Bonchev–Trinajstić information content (AvgIpc) is 3.05. The van der Waals surface area contributed by atoms with E-state index in [0.29, 0.717) is 17.6 Å². The molecule has 0 bridgehead atoms. The summed E-state index contributed by atoms with van der Waals surface area (Å²) >= 11 is 0. The Morgan fingerprint density at radius 1 is 1.39 bits per heavy atom. The number of H-pyrrole nitrogens is 1. The predicted molar refractivity (Wildman–Crippen MR) is 62.7 cm³/mol. The number of hydrogen-bond donors (Lipinski definition) is 2. The monoisotopic (exact) mass is 242 g/mol. The second kappa shape index (κ2) is 4.28. The van der Waals surface area contributed by atoms with E-state index in [1.165, 1.54) is 6.20 Å². The number of nitrogens with zero attached hydrogens (tertiary/aromatic N) is 4. The van der Waals surface area contributed by atoms with E-state index in [1.54, 1.807) is 35.4 Å². The number of hydrogen-bond acceptors (Lipinski definition) is 4. The molecule has 0 saturated heterocycles. The fraction of sp³-hybridized carbons (Fsp3) is 0.0909. The van der Waals surface area contributed by atoms with Gasteiger partial charge in [0.1, 0.15) is 0 Å². The van der Waals surface area contributed by atoms with Crippen LogP contribution in [0.5, 0.6) is 0 Å². The molecule has 0 spiro atoms. The quantitative estimate of drug-likeness (QED) is 0.695. The minimum atomic E-state index is -0.187. The van der Waals surface area contributed by atoms with E-state index >= 15 is 0 Å². The minimum absolute atomic E-state index is 0.187. The number of aromatic amines is 1. The van der Waals surface area contributed by atoms with E-state index < -0.39 is 0 Å².